The number of fused-ring (bicyclic) bond motifs is 2. The van der Waals surface area contributed by atoms with Gasteiger partial charge in [-0.15, -0.1) is 0 Å². The molecule has 14 nitrogen and oxygen atoms in total. The van der Waals surface area contributed by atoms with E-state index < -0.39 is 78.5 Å². The molecule has 5 rings (SSSR count). The number of ether oxygens (including phenoxy) is 4. The van der Waals surface area contributed by atoms with Gasteiger partial charge in [0.25, 0.3) is 11.4 Å². The highest BCUT2D eigenvalue weighted by Crippen LogP contribution is 2.44. The summed E-state index contributed by atoms with van der Waals surface area (Å²) in [5, 5.41) is 24.3. The predicted molar refractivity (Wildman–Crippen MR) is 232 cm³/mol. The number of carbonyl (C=O) groups excluding carboxylic acids is 4. The maximum atomic E-state index is 14.4. The van der Waals surface area contributed by atoms with Gasteiger partial charge in [-0.2, -0.15) is 0 Å². The van der Waals surface area contributed by atoms with Crippen LogP contribution in [-0.4, -0.2) is 46.6 Å². The van der Waals surface area contributed by atoms with E-state index in [1.165, 1.54) is 88.5 Å². The molecule has 0 N–H and O–H groups in total. The van der Waals surface area contributed by atoms with Crippen molar-refractivity contribution >= 4 is 34.9 Å². The van der Waals surface area contributed by atoms with Crippen LogP contribution in [0.4, 0.5) is 11.4 Å². The fraction of sp³-hybridized carbons (Fsp3) is 0.417. The van der Waals surface area contributed by atoms with Crippen LogP contribution in [0.25, 0.3) is 0 Å². The Morgan fingerprint density at radius 2 is 0.774 bits per heavy atom. The first kappa shape index (κ1) is 46.6. The number of nitrogens with zero attached hydrogens (tertiary/aromatic N) is 2. The van der Waals surface area contributed by atoms with Gasteiger partial charge in [0.2, 0.25) is 11.6 Å². The van der Waals surface area contributed by atoms with Crippen molar-refractivity contribution in [2.45, 2.75) is 117 Å². The molecule has 62 heavy (non-hydrogen) atoms. The largest absolute Gasteiger partial charge is 0.494 e. The normalized spacial score (nSPS) is 11.7. The van der Waals surface area contributed by atoms with E-state index >= 15 is 0 Å². The van der Waals surface area contributed by atoms with Crippen molar-refractivity contribution in [2.24, 2.45) is 0 Å². The second kappa shape index (κ2) is 23.5. The molecule has 0 spiro atoms. The molecular weight excluding hydrogens is 797 g/mol. The van der Waals surface area contributed by atoms with E-state index in [1.807, 2.05) is 0 Å². The molecule has 0 fully saturated rings. The molecule has 0 aromatic heterocycles. The lowest BCUT2D eigenvalue weighted by molar-refractivity contribution is -0.385. The minimum atomic E-state index is -1.26. The number of carbonyl (C=O) groups is 4. The average molecular weight is 851 g/mol. The van der Waals surface area contributed by atoms with Gasteiger partial charge in [0.05, 0.1) is 45.3 Å². The van der Waals surface area contributed by atoms with Crippen LogP contribution in [0, 0.1) is 20.2 Å². The Balaban J connectivity index is 1.30. The van der Waals surface area contributed by atoms with Gasteiger partial charge in [-0.3, -0.25) is 29.8 Å². The number of hydrogen-bond acceptors (Lipinski definition) is 12. The maximum Gasteiger partial charge on any atom is 0.343 e. The Bertz CT molecular complexity index is 2060. The zero-order chi connectivity index (χ0) is 44.4. The van der Waals surface area contributed by atoms with E-state index in [2.05, 4.69) is 13.8 Å². The molecule has 0 bridgehead atoms. The molecule has 1 aliphatic rings. The second-order valence-electron chi connectivity index (χ2n) is 15.3. The van der Waals surface area contributed by atoms with Crippen LogP contribution in [0.5, 0.6) is 23.0 Å². The van der Waals surface area contributed by atoms with E-state index in [9.17, 15) is 39.4 Å². The van der Waals surface area contributed by atoms with Crippen molar-refractivity contribution in [1.29, 1.82) is 0 Å². The predicted octanol–water partition coefficient (Wildman–Crippen LogP) is 11.8. The van der Waals surface area contributed by atoms with Gasteiger partial charge in [-0.05, 0) is 73.5 Å². The monoisotopic (exact) mass is 850 g/mol. The maximum absolute atomic E-state index is 14.4. The summed E-state index contributed by atoms with van der Waals surface area (Å²) >= 11 is 0. The number of hydrogen-bond donors (Lipinski definition) is 0. The molecule has 0 aliphatic heterocycles. The van der Waals surface area contributed by atoms with Crippen LogP contribution >= 0.6 is 0 Å². The third kappa shape index (κ3) is 12.3. The SMILES string of the molecule is CCCCCCCCCCOc1ccc(C(=O)Oc2ccc([N+](=O)[O-])c3c2C(=O)c2c(OC(=O)c4ccc(OCCCCCCCCCC)cc4)ccc([N+](=O)[O-])c2C3=O)cc1. The van der Waals surface area contributed by atoms with Crippen molar-refractivity contribution in [1.82, 2.24) is 0 Å². The highest BCUT2D eigenvalue weighted by molar-refractivity contribution is 6.33. The quantitative estimate of drug-likeness (QED) is 0.0168. The van der Waals surface area contributed by atoms with Crippen molar-refractivity contribution < 1.29 is 48.0 Å². The molecule has 0 saturated carbocycles. The number of nitro groups is 2. The van der Waals surface area contributed by atoms with E-state index in [4.69, 9.17) is 18.9 Å². The minimum absolute atomic E-state index is 0.0429. The fourth-order valence-corrected chi connectivity index (χ4v) is 7.32. The topological polar surface area (TPSA) is 191 Å². The summed E-state index contributed by atoms with van der Waals surface area (Å²) in [4.78, 5) is 77.8. The number of benzene rings is 4. The molecule has 0 amide bonds. The second-order valence-corrected chi connectivity index (χ2v) is 15.3. The minimum Gasteiger partial charge on any atom is -0.494 e. The van der Waals surface area contributed by atoms with Crippen LogP contribution in [-0.2, 0) is 0 Å². The Kier molecular flexibility index (Phi) is 17.7. The fourth-order valence-electron chi connectivity index (χ4n) is 7.32. The van der Waals surface area contributed by atoms with Crippen molar-refractivity contribution in [3.8, 4) is 23.0 Å². The first-order valence-electron chi connectivity index (χ1n) is 21.7. The van der Waals surface area contributed by atoms with Crippen LogP contribution in [0.1, 0.15) is 169 Å². The third-order valence-electron chi connectivity index (χ3n) is 10.7. The lowest BCUT2D eigenvalue weighted by Crippen LogP contribution is -2.26. The molecule has 4 aromatic rings. The first-order chi connectivity index (χ1) is 30.0. The zero-order valence-corrected chi connectivity index (χ0v) is 35.4. The molecule has 0 saturated heterocycles. The third-order valence-corrected chi connectivity index (χ3v) is 10.7. The van der Waals surface area contributed by atoms with E-state index in [1.54, 1.807) is 24.3 Å². The summed E-state index contributed by atoms with van der Waals surface area (Å²) in [7, 11) is 0. The zero-order valence-electron chi connectivity index (χ0n) is 35.4. The molecule has 0 heterocycles. The number of nitro benzene ring substituents is 2. The summed E-state index contributed by atoms with van der Waals surface area (Å²) in [6.45, 7) is 5.38. The Morgan fingerprint density at radius 1 is 0.452 bits per heavy atom. The summed E-state index contributed by atoms with van der Waals surface area (Å²) in [5.41, 5.74) is -4.60. The van der Waals surface area contributed by atoms with Crippen LogP contribution in [0.2, 0.25) is 0 Å². The Morgan fingerprint density at radius 3 is 1.11 bits per heavy atom. The van der Waals surface area contributed by atoms with Crippen LogP contribution in [0.3, 0.4) is 0 Å². The molecule has 328 valence electrons. The van der Waals surface area contributed by atoms with Crippen LogP contribution < -0.4 is 18.9 Å². The Hall–Kier alpha value is -6.44. The van der Waals surface area contributed by atoms with E-state index in [0.29, 0.717) is 24.7 Å². The summed E-state index contributed by atoms with van der Waals surface area (Å²) in [5.74, 6) is -4.33. The van der Waals surface area contributed by atoms with Crippen LogP contribution in [0.15, 0.2) is 72.8 Å². The van der Waals surface area contributed by atoms with Crippen molar-refractivity contribution in [3.05, 3.63) is 126 Å². The van der Waals surface area contributed by atoms with Gasteiger partial charge < -0.3 is 18.9 Å². The molecule has 14 heteroatoms. The first-order valence-corrected chi connectivity index (χ1v) is 21.7. The lowest BCUT2D eigenvalue weighted by atomic mass is 9.81. The van der Waals surface area contributed by atoms with Gasteiger partial charge in [-0.1, -0.05) is 104 Å². The number of unbranched alkanes of at least 4 members (excludes halogenated alkanes) is 14. The highest BCUT2D eigenvalue weighted by atomic mass is 16.6. The summed E-state index contributed by atoms with van der Waals surface area (Å²) in [6.07, 6.45) is 18.4. The van der Waals surface area contributed by atoms with Crippen molar-refractivity contribution in [2.75, 3.05) is 13.2 Å². The summed E-state index contributed by atoms with van der Waals surface area (Å²) in [6, 6.07) is 15.8. The molecular formula is C48H54N2O12. The van der Waals surface area contributed by atoms with E-state index in [-0.39, 0.29) is 11.1 Å². The molecule has 0 atom stereocenters. The number of rotatable bonds is 26. The lowest BCUT2D eigenvalue weighted by Gasteiger charge is -2.21. The standard InChI is InChI=1S/C48H54N2O12/c1-3-5-7-9-11-13-15-17-31-59-35-23-19-33(20-24-35)47(53)61-39-29-27-37(49(55)56)41-43(39)46(52)44-40(30-28-38(50(57)58)42(44)45(41)51)62-48(54)34-21-25-36(26-22-34)60-32-18-16-14-12-10-8-6-4-2/h19-30H,3-18,31-32H2,1-2H3. The molecule has 0 unspecified atom stereocenters. The summed E-state index contributed by atoms with van der Waals surface area (Å²) < 4.78 is 22.8. The molecule has 4 aromatic carbocycles. The molecule has 0 radical (unpaired) electrons. The van der Waals surface area contributed by atoms with Gasteiger partial charge in [0.1, 0.15) is 34.1 Å². The van der Waals surface area contributed by atoms with Gasteiger partial charge in [-0.25, -0.2) is 9.59 Å². The van der Waals surface area contributed by atoms with Gasteiger partial charge in [0, 0.05) is 12.1 Å². The Labute approximate surface area is 361 Å². The van der Waals surface area contributed by atoms with Crippen molar-refractivity contribution in [3.63, 3.8) is 0 Å². The van der Waals surface area contributed by atoms with Gasteiger partial charge in [0.15, 0.2) is 0 Å². The van der Waals surface area contributed by atoms with E-state index in [0.717, 1.165) is 62.8 Å². The van der Waals surface area contributed by atoms with Gasteiger partial charge >= 0.3 is 11.9 Å². The number of esters is 2. The molecule has 1 aliphatic carbocycles. The smallest absolute Gasteiger partial charge is 0.343 e. The highest BCUT2D eigenvalue weighted by Gasteiger charge is 2.44. The number of ketones is 2. The average Bonchev–Trinajstić information content (AvgIpc) is 3.27.